The monoisotopic (exact) mass is 319 g/mol. The number of nitrogens with zero attached hydrogens (tertiary/aromatic N) is 2. The highest BCUT2D eigenvalue weighted by Crippen LogP contribution is 2.32. The summed E-state index contributed by atoms with van der Waals surface area (Å²) < 4.78 is 24.0. The fraction of sp³-hybridized carbons (Fsp3) is 0.438. The first-order valence-corrected chi connectivity index (χ1v) is 7.42. The zero-order valence-corrected chi connectivity index (χ0v) is 13.1. The molecule has 1 aliphatic rings. The van der Waals surface area contributed by atoms with Crippen molar-refractivity contribution in [3.63, 3.8) is 0 Å². The lowest BCUT2D eigenvalue weighted by Gasteiger charge is -2.29. The number of nitrogens with one attached hydrogen (secondary N) is 1. The number of hydrogen-bond donors (Lipinski definition) is 1. The number of carbonyl (C=O) groups excluding carboxylic acids is 1. The van der Waals surface area contributed by atoms with E-state index in [-0.39, 0.29) is 11.7 Å². The number of amides is 1. The minimum Gasteiger partial charge on any atom is -0.494 e. The van der Waals surface area contributed by atoms with Crippen LogP contribution < -0.4 is 10.1 Å². The van der Waals surface area contributed by atoms with Crippen LogP contribution in [-0.2, 0) is 16.6 Å². The number of piperidine rings is 1. The van der Waals surface area contributed by atoms with Gasteiger partial charge in [0.1, 0.15) is 0 Å². The Labute approximate surface area is 133 Å². The lowest BCUT2D eigenvalue weighted by atomic mass is 9.80. The van der Waals surface area contributed by atoms with Crippen molar-refractivity contribution < 1.29 is 18.4 Å². The second kappa shape index (κ2) is 5.98. The molecular formula is C16H18FN3O3. The van der Waals surface area contributed by atoms with Gasteiger partial charge in [-0.05, 0) is 24.1 Å². The van der Waals surface area contributed by atoms with Crippen LogP contribution in [0.25, 0.3) is 0 Å². The minimum absolute atomic E-state index is 0.0178. The fourth-order valence-corrected chi connectivity index (χ4v) is 2.74. The van der Waals surface area contributed by atoms with Gasteiger partial charge in [0.25, 0.3) is 0 Å². The van der Waals surface area contributed by atoms with Crippen molar-refractivity contribution in [1.82, 2.24) is 15.5 Å². The number of methoxy groups -OCH3 is 1. The summed E-state index contributed by atoms with van der Waals surface area (Å²) in [5, 5.41) is 6.75. The summed E-state index contributed by atoms with van der Waals surface area (Å²) in [6, 6.07) is 4.72. The molecule has 1 N–H and O–H groups in total. The van der Waals surface area contributed by atoms with Crippen LogP contribution in [-0.4, -0.2) is 29.7 Å². The number of hydrogen-bond acceptors (Lipinski definition) is 5. The molecule has 1 aromatic carbocycles. The Morgan fingerprint density at radius 3 is 3.00 bits per heavy atom. The Kier molecular flexibility index (Phi) is 4.02. The highest BCUT2D eigenvalue weighted by atomic mass is 19.1. The van der Waals surface area contributed by atoms with Crippen LogP contribution in [0.15, 0.2) is 22.7 Å². The number of rotatable bonds is 4. The predicted octanol–water partition coefficient (Wildman–Crippen LogP) is 1.98. The van der Waals surface area contributed by atoms with E-state index in [2.05, 4.69) is 15.5 Å². The van der Waals surface area contributed by atoms with Crippen LogP contribution in [0.5, 0.6) is 5.75 Å². The van der Waals surface area contributed by atoms with Gasteiger partial charge in [-0.1, -0.05) is 18.1 Å². The van der Waals surface area contributed by atoms with Gasteiger partial charge >= 0.3 is 0 Å². The molecule has 1 amide bonds. The average Bonchev–Trinajstić information content (AvgIpc) is 2.96. The van der Waals surface area contributed by atoms with Gasteiger partial charge in [-0.15, -0.1) is 0 Å². The van der Waals surface area contributed by atoms with E-state index in [1.54, 1.807) is 12.1 Å². The molecule has 0 radical (unpaired) electrons. The van der Waals surface area contributed by atoms with Gasteiger partial charge in [0.05, 0.1) is 12.5 Å². The van der Waals surface area contributed by atoms with Crippen LogP contribution in [0.3, 0.4) is 0 Å². The van der Waals surface area contributed by atoms with Crippen molar-refractivity contribution in [2.75, 3.05) is 13.7 Å². The number of aromatic nitrogens is 2. The Morgan fingerprint density at radius 1 is 1.48 bits per heavy atom. The lowest BCUT2D eigenvalue weighted by Crippen LogP contribution is -2.41. The van der Waals surface area contributed by atoms with Crippen molar-refractivity contribution in [2.24, 2.45) is 0 Å². The van der Waals surface area contributed by atoms with E-state index < -0.39 is 11.2 Å². The van der Waals surface area contributed by atoms with E-state index >= 15 is 0 Å². The highest BCUT2D eigenvalue weighted by molar-refractivity contribution is 5.78. The molecule has 1 aliphatic heterocycles. The van der Waals surface area contributed by atoms with Crippen LogP contribution in [0.4, 0.5) is 4.39 Å². The van der Waals surface area contributed by atoms with Gasteiger partial charge in [-0.3, -0.25) is 4.79 Å². The third-order valence-corrected chi connectivity index (χ3v) is 4.11. The molecular weight excluding hydrogens is 301 g/mol. The molecule has 2 aromatic rings. The maximum Gasteiger partial charge on any atom is 0.233 e. The molecule has 2 heterocycles. The maximum atomic E-state index is 13.7. The predicted molar refractivity (Wildman–Crippen MR) is 79.7 cm³/mol. The first-order chi connectivity index (χ1) is 11.0. The molecule has 0 saturated carbocycles. The van der Waals surface area contributed by atoms with Gasteiger partial charge < -0.3 is 14.6 Å². The second-order valence-electron chi connectivity index (χ2n) is 6.00. The zero-order chi connectivity index (χ0) is 16.4. The molecule has 0 bridgehead atoms. The Balaban J connectivity index is 1.77. The summed E-state index contributed by atoms with van der Waals surface area (Å²) >= 11 is 0. The summed E-state index contributed by atoms with van der Waals surface area (Å²) in [6.45, 7) is 2.53. The Bertz CT molecular complexity index is 731. The number of benzene rings is 1. The van der Waals surface area contributed by atoms with Gasteiger partial charge in [0.15, 0.2) is 17.4 Å². The summed E-state index contributed by atoms with van der Waals surface area (Å²) in [7, 11) is 1.42. The number of carbonyl (C=O) groups is 1. The fourth-order valence-electron chi connectivity index (χ4n) is 2.74. The summed E-state index contributed by atoms with van der Waals surface area (Å²) in [5.74, 6) is 0.678. The van der Waals surface area contributed by atoms with Gasteiger partial charge in [-0.2, -0.15) is 4.98 Å². The highest BCUT2D eigenvalue weighted by Gasteiger charge is 2.37. The van der Waals surface area contributed by atoms with Crippen molar-refractivity contribution >= 4 is 5.91 Å². The lowest BCUT2D eigenvalue weighted by molar-refractivity contribution is -0.124. The molecule has 1 atom stereocenters. The van der Waals surface area contributed by atoms with Crippen molar-refractivity contribution in [1.29, 1.82) is 0 Å². The van der Waals surface area contributed by atoms with Crippen LogP contribution in [0.2, 0.25) is 0 Å². The first-order valence-electron chi connectivity index (χ1n) is 7.42. The Hall–Kier alpha value is -2.44. The minimum atomic E-state index is -0.446. The van der Waals surface area contributed by atoms with Crippen LogP contribution in [0, 0.1) is 5.82 Å². The summed E-state index contributed by atoms with van der Waals surface area (Å²) in [5.41, 5.74) is 0.279. The molecule has 1 fully saturated rings. The standard InChI is InChI=1S/C16H18FN3O3/c1-16(5-6-18-14(21)9-16)15-19-13(20-23-15)8-10-3-4-12(22-2)11(17)7-10/h3-4,7H,5-6,8-9H2,1-2H3,(H,18,21)/t16-/m0/s1. The molecule has 122 valence electrons. The van der Waals surface area contributed by atoms with Crippen molar-refractivity contribution in [3.8, 4) is 5.75 Å². The number of halogens is 1. The van der Waals surface area contributed by atoms with E-state index in [1.165, 1.54) is 13.2 Å². The Morgan fingerprint density at radius 2 is 2.30 bits per heavy atom. The van der Waals surface area contributed by atoms with E-state index in [0.717, 1.165) is 12.0 Å². The quantitative estimate of drug-likeness (QED) is 0.932. The topological polar surface area (TPSA) is 77.3 Å². The molecule has 3 rings (SSSR count). The van der Waals surface area contributed by atoms with E-state index in [9.17, 15) is 9.18 Å². The zero-order valence-electron chi connectivity index (χ0n) is 13.1. The molecule has 0 aliphatic carbocycles. The largest absolute Gasteiger partial charge is 0.494 e. The summed E-state index contributed by atoms with van der Waals surface area (Å²) in [6.07, 6.45) is 1.43. The first kappa shape index (κ1) is 15.5. The van der Waals surface area contributed by atoms with Crippen molar-refractivity contribution in [2.45, 2.75) is 31.6 Å². The third-order valence-electron chi connectivity index (χ3n) is 4.11. The van der Waals surface area contributed by atoms with Crippen LogP contribution >= 0.6 is 0 Å². The molecule has 0 unspecified atom stereocenters. The normalized spacial score (nSPS) is 21.1. The molecule has 23 heavy (non-hydrogen) atoms. The van der Waals surface area contributed by atoms with Gasteiger partial charge in [0.2, 0.25) is 11.8 Å². The van der Waals surface area contributed by atoms with E-state index in [0.29, 0.717) is 31.1 Å². The maximum absolute atomic E-state index is 13.7. The van der Waals surface area contributed by atoms with Crippen LogP contribution in [0.1, 0.15) is 37.0 Å². The molecule has 7 heteroatoms. The molecule has 1 saturated heterocycles. The average molecular weight is 319 g/mol. The third kappa shape index (κ3) is 3.18. The summed E-state index contributed by atoms with van der Waals surface area (Å²) in [4.78, 5) is 16.0. The molecule has 0 spiro atoms. The smallest absolute Gasteiger partial charge is 0.233 e. The van der Waals surface area contributed by atoms with Crippen molar-refractivity contribution in [3.05, 3.63) is 41.3 Å². The molecule has 1 aromatic heterocycles. The van der Waals surface area contributed by atoms with E-state index in [4.69, 9.17) is 9.26 Å². The van der Waals surface area contributed by atoms with E-state index in [1.807, 2.05) is 6.92 Å². The number of ether oxygens (including phenoxy) is 1. The SMILES string of the molecule is COc1ccc(Cc2noc([C@@]3(C)CCNC(=O)C3)n2)cc1F. The second-order valence-corrected chi connectivity index (χ2v) is 6.00. The van der Waals surface area contributed by atoms with Gasteiger partial charge in [-0.25, -0.2) is 4.39 Å². The van der Waals surface area contributed by atoms with Gasteiger partial charge in [0, 0.05) is 19.4 Å². The molecule has 6 nitrogen and oxygen atoms in total.